The summed E-state index contributed by atoms with van der Waals surface area (Å²) in [6.45, 7) is 4.92. The van der Waals surface area contributed by atoms with Crippen LogP contribution < -0.4 is 4.74 Å². The molecule has 2 aromatic rings. The molecule has 0 N–H and O–H groups in total. The van der Waals surface area contributed by atoms with Gasteiger partial charge in [0.15, 0.2) is 11.9 Å². The fourth-order valence-electron chi connectivity index (χ4n) is 2.39. The van der Waals surface area contributed by atoms with Gasteiger partial charge in [-0.25, -0.2) is 0 Å². The van der Waals surface area contributed by atoms with Gasteiger partial charge in [-0.15, -0.1) is 11.6 Å². The van der Waals surface area contributed by atoms with Crippen molar-refractivity contribution in [2.24, 2.45) is 5.41 Å². The summed E-state index contributed by atoms with van der Waals surface area (Å²) in [4.78, 5) is 23.9. The average molecular weight is 454 g/mol. The topological polar surface area (TPSA) is 52.6 Å². The molecule has 2 atom stereocenters. The summed E-state index contributed by atoms with van der Waals surface area (Å²) >= 11 is 9.13. The van der Waals surface area contributed by atoms with Crippen LogP contribution in [0.2, 0.25) is 0 Å². The highest BCUT2D eigenvalue weighted by molar-refractivity contribution is 9.09. The minimum atomic E-state index is -0.796. The summed E-state index contributed by atoms with van der Waals surface area (Å²) < 4.78 is 11.2. The van der Waals surface area contributed by atoms with Crippen LogP contribution in [0, 0.1) is 5.41 Å². The summed E-state index contributed by atoms with van der Waals surface area (Å²) in [5.74, 6) is 0.230. The van der Waals surface area contributed by atoms with E-state index < -0.39 is 16.5 Å². The second-order valence-corrected chi connectivity index (χ2v) is 7.88. The first-order valence-corrected chi connectivity index (χ1v) is 9.93. The highest BCUT2D eigenvalue weighted by Crippen LogP contribution is 2.29. The van der Waals surface area contributed by atoms with Crippen LogP contribution in [0.15, 0.2) is 54.6 Å². The number of Topliss-reactive ketones (excluding diaryl/α,β-unsaturated/α-hetero) is 1. The standard InChI is InChI=1S/C21H22BrClO4/c1-14(24)26-18(15-7-5-4-6-8-15)16-9-11-17(12-10-16)27-20(22)19(25)21(2,3)13-23/h4-12,18,20H,13H2,1-3H3. The number of carbonyl (C=O) groups excluding carboxylic acids is 2. The minimum Gasteiger partial charge on any atom is -0.471 e. The molecule has 2 rings (SSSR count). The van der Waals surface area contributed by atoms with Crippen LogP contribution >= 0.6 is 27.5 Å². The Morgan fingerprint density at radius 2 is 1.59 bits per heavy atom. The lowest BCUT2D eigenvalue weighted by atomic mass is 9.91. The molecular formula is C21H22BrClO4. The summed E-state index contributed by atoms with van der Waals surface area (Å²) in [5.41, 5.74) is 0.990. The number of rotatable bonds is 8. The maximum absolute atomic E-state index is 12.4. The lowest BCUT2D eigenvalue weighted by Crippen LogP contribution is -2.35. The fourth-order valence-corrected chi connectivity index (χ4v) is 3.36. The molecule has 144 valence electrons. The molecule has 0 aliphatic carbocycles. The number of hydrogen-bond acceptors (Lipinski definition) is 4. The van der Waals surface area contributed by atoms with Crippen LogP contribution in [0.25, 0.3) is 0 Å². The van der Waals surface area contributed by atoms with Crippen molar-refractivity contribution in [3.05, 3.63) is 65.7 Å². The molecule has 0 amide bonds. The number of hydrogen-bond donors (Lipinski definition) is 0. The van der Waals surface area contributed by atoms with Gasteiger partial charge in [0.25, 0.3) is 0 Å². The molecule has 0 aromatic heterocycles. The normalized spacial score (nSPS) is 13.5. The molecule has 0 aliphatic rings. The van der Waals surface area contributed by atoms with E-state index in [1.165, 1.54) is 6.92 Å². The Bertz CT molecular complexity index is 775. The molecule has 0 radical (unpaired) electrons. The quantitative estimate of drug-likeness (QED) is 0.403. The van der Waals surface area contributed by atoms with Crippen molar-refractivity contribution in [2.45, 2.75) is 31.9 Å². The van der Waals surface area contributed by atoms with Gasteiger partial charge in [0.05, 0.1) is 0 Å². The van der Waals surface area contributed by atoms with Gasteiger partial charge >= 0.3 is 5.97 Å². The average Bonchev–Trinajstić information content (AvgIpc) is 2.66. The van der Waals surface area contributed by atoms with Crippen molar-refractivity contribution in [1.29, 1.82) is 0 Å². The van der Waals surface area contributed by atoms with Crippen molar-refractivity contribution in [3.63, 3.8) is 0 Å². The predicted octanol–water partition coefficient (Wildman–Crippen LogP) is 5.27. The molecule has 0 saturated carbocycles. The molecule has 0 spiro atoms. The third-order valence-electron chi connectivity index (χ3n) is 4.02. The van der Waals surface area contributed by atoms with Crippen molar-refractivity contribution in [2.75, 3.05) is 5.88 Å². The first kappa shape index (κ1) is 21.5. The van der Waals surface area contributed by atoms with Gasteiger partial charge in [0.2, 0.25) is 5.01 Å². The highest BCUT2D eigenvalue weighted by atomic mass is 79.9. The Hall–Kier alpha value is -1.85. The molecule has 4 nitrogen and oxygen atoms in total. The summed E-state index contributed by atoms with van der Waals surface area (Å²) in [7, 11) is 0. The third-order valence-corrected chi connectivity index (χ3v) is 5.29. The maximum atomic E-state index is 12.4. The molecule has 6 heteroatoms. The van der Waals surface area contributed by atoms with E-state index in [0.29, 0.717) is 5.75 Å². The van der Waals surface area contributed by atoms with E-state index >= 15 is 0 Å². The second-order valence-electron chi connectivity index (χ2n) is 6.78. The van der Waals surface area contributed by atoms with Crippen LogP contribution in [0.4, 0.5) is 0 Å². The van der Waals surface area contributed by atoms with Crippen LogP contribution in [0.5, 0.6) is 5.75 Å². The monoisotopic (exact) mass is 452 g/mol. The molecule has 27 heavy (non-hydrogen) atoms. The SMILES string of the molecule is CC(=O)OC(c1ccccc1)c1ccc(OC(Br)C(=O)C(C)(C)CCl)cc1. The van der Waals surface area contributed by atoms with E-state index in [-0.39, 0.29) is 17.6 Å². The molecule has 0 heterocycles. The summed E-state index contributed by atoms with van der Waals surface area (Å²) in [5, 5.41) is -0.796. The molecule has 0 aliphatic heterocycles. The van der Waals surface area contributed by atoms with Gasteiger partial charge < -0.3 is 9.47 Å². The van der Waals surface area contributed by atoms with Gasteiger partial charge in [-0.1, -0.05) is 56.3 Å². The van der Waals surface area contributed by atoms with Crippen molar-refractivity contribution in [3.8, 4) is 5.75 Å². The Morgan fingerprint density at radius 3 is 2.11 bits per heavy atom. The lowest BCUT2D eigenvalue weighted by Gasteiger charge is -2.23. The molecule has 0 fully saturated rings. The first-order valence-electron chi connectivity index (χ1n) is 8.48. The number of ether oxygens (including phenoxy) is 2. The molecular weight excluding hydrogens is 432 g/mol. The number of benzene rings is 2. The Kier molecular flexibility index (Phi) is 7.45. The molecule has 0 saturated heterocycles. The van der Waals surface area contributed by atoms with Crippen LogP contribution in [-0.4, -0.2) is 22.6 Å². The van der Waals surface area contributed by atoms with Crippen molar-refractivity contribution >= 4 is 39.3 Å². The number of ketones is 1. The third kappa shape index (κ3) is 5.81. The number of halogens is 2. The zero-order chi connectivity index (χ0) is 20.0. The van der Waals surface area contributed by atoms with Gasteiger partial charge in [-0.05, 0) is 39.2 Å². The zero-order valence-electron chi connectivity index (χ0n) is 15.4. The first-order chi connectivity index (χ1) is 12.7. The minimum absolute atomic E-state index is 0.136. The molecule has 2 unspecified atom stereocenters. The second kappa shape index (κ2) is 9.38. The largest absolute Gasteiger partial charge is 0.471 e. The number of carbonyl (C=O) groups is 2. The Morgan fingerprint density at radius 1 is 1.04 bits per heavy atom. The maximum Gasteiger partial charge on any atom is 0.303 e. The van der Waals surface area contributed by atoms with Crippen molar-refractivity contribution < 1.29 is 19.1 Å². The highest BCUT2D eigenvalue weighted by Gasteiger charge is 2.33. The predicted molar refractivity (Wildman–Crippen MR) is 109 cm³/mol. The zero-order valence-corrected chi connectivity index (χ0v) is 17.8. The number of esters is 1. The van der Waals surface area contributed by atoms with Gasteiger partial charge in [-0.2, -0.15) is 0 Å². The lowest BCUT2D eigenvalue weighted by molar-refractivity contribution is -0.144. The Balaban J connectivity index is 2.17. The van der Waals surface area contributed by atoms with Gasteiger partial charge in [-0.3, -0.25) is 9.59 Å². The van der Waals surface area contributed by atoms with Crippen LogP contribution in [0.3, 0.4) is 0 Å². The van der Waals surface area contributed by atoms with E-state index in [4.69, 9.17) is 21.1 Å². The molecule has 2 aromatic carbocycles. The van der Waals surface area contributed by atoms with E-state index in [1.807, 2.05) is 42.5 Å². The van der Waals surface area contributed by atoms with Crippen LogP contribution in [-0.2, 0) is 14.3 Å². The van der Waals surface area contributed by atoms with Crippen LogP contribution in [0.1, 0.15) is 38.0 Å². The van der Waals surface area contributed by atoms with Gasteiger partial charge in [0.1, 0.15) is 5.75 Å². The molecule has 0 bridgehead atoms. The van der Waals surface area contributed by atoms with E-state index in [2.05, 4.69) is 15.9 Å². The van der Waals surface area contributed by atoms with Gasteiger partial charge in [0, 0.05) is 18.2 Å². The Labute approximate surface area is 172 Å². The number of alkyl halides is 2. The van der Waals surface area contributed by atoms with E-state index in [1.54, 1.807) is 26.0 Å². The fraction of sp³-hybridized carbons (Fsp3) is 0.333. The smallest absolute Gasteiger partial charge is 0.303 e. The van der Waals surface area contributed by atoms with Crippen molar-refractivity contribution in [1.82, 2.24) is 0 Å². The summed E-state index contributed by atoms with van der Waals surface area (Å²) in [6, 6.07) is 16.6. The van der Waals surface area contributed by atoms with E-state index in [9.17, 15) is 9.59 Å². The summed E-state index contributed by atoms with van der Waals surface area (Å²) in [6.07, 6.45) is -0.505. The van der Waals surface area contributed by atoms with E-state index in [0.717, 1.165) is 11.1 Å².